The predicted molar refractivity (Wildman–Crippen MR) is 53.7 cm³/mol. The van der Waals surface area contributed by atoms with E-state index >= 15 is 0 Å². The number of hydrogen-bond donors (Lipinski definition) is 1. The quantitative estimate of drug-likeness (QED) is 0.717. The second kappa shape index (κ2) is 4.43. The van der Waals surface area contributed by atoms with Crippen molar-refractivity contribution in [1.82, 2.24) is 5.32 Å². The van der Waals surface area contributed by atoms with Crippen LogP contribution in [0.5, 0.6) is 0 Å². The van der Waals surface area contributed by atoms with Crippen LogP contribution in [0.3, 0.4) is 0 Å². The molecule has 1 saturated heterocycles. The Morgan fingerprint density at radius 3 is 2.85 bits per heavy atom. The average Bonchev–Trinajstić information content (AvgIpc) is 2.99. The summed E-state index contributed by atoms with van der Waals surface area (Å²) in [5.74, 6) is 1.78. The Kier molecular flexibility index (Phi) is 3.23. The Morgan fingerprint density at radius 2 is 2.23 bits per heavy atom. The zero-order valence-corrected chi connectivity index (χ0v) is 8.59. The first-order valence-corrected chi connectivity index (χ1v) is 5.68. The van der Waals surface area contributed by atoms with Gasteiger partial charge in [-0.05, 0) is 44.1 Å². The molecule has 2 atom stereocenters. The molecule has 0 aromatic carbocycles. The molecule has 2 fully saturated rings. The van der Waals surface area contributed by atoms with Crippen LogP contribution >= 0.6 is 0 Å². The summed E-state index contributed by atoms with van der Waals surface area (Å²) in [5, 5.41) is 3.38. The van der Waals surface area contributed by atoms with Crippen molar-refractivity contribution < 1.29 is 4.74 Å². The summed E-state index contributed by atoms with van der Waals surface area (Å²) < 4.78 is 5.88. The number of ether oxygens (including phenoxy) is 1. The van der Waals surface area contributed by atoms with Crippen LogP contribution in [0.25, 0.3) is 0 Å². The first-order chi connectivity index (χ1) is 6.36. The molecule has 0 radical (unpaired) electrons. The smallest absolute Gasteiger partial charge is 0.0700 e. The van der Waals surface area contributed by atoms with Gasteiger partial charge >= 0.3 is 0 Å². The van der Waals surface area contributed by atoms with Crippen LogP contribution in [0.2, 0.25) is 0 Å². The molecular formula is C11H21NO. The van der Waals surface area contributed by atoms with Gasteiger partial charge in [-0.15, -0.1) is 0 Å². The topological polar surface area (TPSA) is 21.3 Å². The summed E-state index contributed by atoms with van der Waals surface area (Å²) in [4.78, 5) is 0. The average molecular weight is 183 g/mol. The van der Waals surface area contributed by atoms with E-state index in [1.165, 1.54) is 32.2 Å². The van der Waals surface area contributed by atoms with Crippen molar-refractivity contribution >= 4 is 0 Å². The van der Waals surface area contributed by atoms with Gasteiger partial charge in [-0.25, -0.2) is 0 Å². The van der Waals surface area contributed by atoms with E-state index in [2.05, 4.69) is 12.2 Å². The van der Waals surface area contributed by atoms with Gasteiger partial charge in [0, 0.05) is 13.2 Å². The fraction of sp³-hybridized carbons (Fsp3) is 1.00. The Morgan fingerprint density at radius 1 is 1.38 bits per heavy atom. The second-order valence-electron chi connectivity index (χ2n) is 4.62. The molecule has 0 bridgehead atoms. The van der Waals surface area contributed by atoms with Gasteiger partial charge in [0.2, 0.25) is 0 Å². The molecule has 1 aliphatic carbocycles. The minimum absolute atomic E-state index is 0.495. The first-order valence-electron chi connectivity index (χ1n) is 5.68. The Hall–Kier alpha value is -0.0800. The third-order valence-electron chi connectivity index (χ3n) is 3.27. The van der Waals surface area contributed by atoms with E-state index in [0.29, 0.717) is 6.10 Å². The molecule has 2 nitrogen and oxygen atoms in total. The zero-order valence-electron chi connectivity index (χ0n) is 8.59. The van der Waals surface area contributed by atoms with Gasteiger partial charge in [0.1, 0.15) is 0 Å². The summed E-state index contributed by atoms with van der Waals surface area (Å²) >= 11 is 0. The predicted octanol–water partition coefficient (Wildman–Crippen LogP) is 1.80. The highest BCUT2D eigenvalue weighted by molar-refractivity contribution is 4.79. The molecule has 2 aliphatic rings. The van der Waals surface area contributed by atoms with Crippen LogP contribution < -0.4 is 5.32 Å². The van der Waals surface area contributed by atoms with Gasteiger partial charge in [-0.1, -0.05) is 6.92 Å². The van der Waals surface area contributed by atoms with E-state index < -0.39 is 0 Å². The molecule has 0 spiro atoms. The highest BCUT2D eigenvalue weighted by atomic mass is 16.5. The number of rotatable bonds is 4. The molecule has 1 heterocycles. The van der Waals surface area contributed by atoms with Crippen molar-refractivity contribution in [3.05, 3.63) is 0 Å². The van der Waals surface area contributed by atoms with Crippen LogP contribution in [-0.4, -0.2) is 25.8 Å². The van der Waals surface area contributed by atoms with E-state index in [1.54, 1.807) is 0 Å². The SMILES string of the molecule is CC(COC1CCCNC1)C1CC1. The molecule has 2 rings (SSSR count). The molecule has 1 N–H and O–H groups in total. The maximum absolute atomic E-state index is 5.88. The standard InChI is InChI=1S/C11H21NO/c1-9(10-4-5-10)8-13-11-3-2-6-12-7-11/h9-12H,2-8H2,1H3. The first kappa shape index (κ1) is 9.47. The van der Waals surface area contributed by atoms with E-state index in [1.807, 2.05) is 0 Å². The molecule has 76 valence electrons. The molecule has 1 aliphatic heterocycles. The molecule has 0 aromatic rings. The summed E-state index contributed by atoms with van der Waals surface area (Å²) in [6.45, 7) is 5.56. The van der Waals surface area contributed by atoms with Gasteiger partial charge in [-0.2, -0.15) is 0 Å². The molecule has 2 unspecified atom stereocenters. The van der Waals surface area contributed by atoms with Gasteiger partial charge in [-0.3, -0.25) is 0 Å². The van der Waals surface area contributed by atoms with Crippen LogP contribution in [0.15, 0.2) is 0 Å². The highest BCUT2D eigenvalue weighted by Gasteiger charge is 2.28. The molecule has 2 heteroatoms. The highest BCUT2D eigenvalue weighted by Crippen LogP contribution is 2.36. The lowest BCUT2D eigenvalue weighted by Gasteiger charge is -2.24. The van der Waals surface area contributed by atoms with Crippen LogP contribution in [0.1, 0.15) is 32.6 Å². The van der Waals surface area contributed by atoms with Crippen LogP contribution in [-0.2, 0) is 4.74 Å². The fourth-order valence-electron chi connectivity index (χ4n) is 2.05. The molecule has 0 amide bonds. The van der Waals surface area contributed by atoms with Crippen molar-refractivity contribution in [3.63, 3.8) is 0 Å². The summed E-state index contributed by atoms with van der Waals surface area (Å²) in [5.41, 5.74) is 0. The third-order valence-corrected chi connectivity index (χ3v) is 3.27. The van der Waals surface area contributed by atoms with Crippen molar-refractivity contribution in [1.29, 1.82) is 0 Å². The lowest BCUT2D eigenvalue weighted by molar-refractivity contribution is 0.0148. The summed E-state index contributed by atoms with van der Waals surface area (Å²) in [7, 11) is 0. The number of nitrogens with one attached hydrogen (secondary N) is 1. The largest absolute Gasteiger partial charge is 0.377 e. The van der Waals surface area contributed by atoms with Gasteiger partial charge in [0.25, 0.3) is 0 Å². The fourth-order valence-corrected chi connectivity index (χ4v) is 2.05. The molecule has 1 saturated carbocycles. The Balaban J connectivity index is 1.60. The van der Waals surface area contributed by atoms with Gasteiger partial charge in [0.05, 0.1) is 6.10 Å². The summed E-state index contributed by atoms with van der Waals surface area (Å²) in [6, 6.07) is 0. The maximum atomic E-state index is 5.88. The number of piperidine rings is 1. The lowest BCUT2D eigenvalue weighted by atomic mass is 10.1. The van der Waals surface area contributed by atoms with Gasteiger partial charge in [0.15, 0.2) is 0 Å². The van der Waals surface area contributed by atoms with E-state index in [-0.39, 0.29) is 0 Å². The van der Waals surface area contributed by atoms with E-state index in [9.17, 15) is 0 Å². The molecule has 13 heavy (non-hydrogen) atoms. The van der Waals surface area contributed by atoms with Crippen molar-refractivity contribution in [3.8, 4) is 0 Å². The van der Waals surface area contributed by atoms with Crippen molar-refractivity contribution in [2.24, 2.45) is 11.8 Å². The maximum Gasteiger partial charge on any atom is 0.0700 e. The van der Waals surface area contributed by atoms with E-state index in [4.69, 9.17) is 4.74 Å². The van der Waals surface area contributed by atoms with Crippen molar-refractivity contribution in [2.75, 3.05) is 19.7 Å². The zero-order chi connectivity index (χ0) is 9.10. The second-order valence-corrected chi connectivity index (χ2v) is 4.62. The van der Waals surface area contributed by atoms with Crippen LogP contribution in [0, 0.1) is 11.8 Å². The Labute approximate surface area is 81.0 Å². The van der Waals surface area contributed by atoms with Gasteiger partial charge < -0.3 is 10.1 Å². The minimum atomic E-state index is 0.495. The third kappa shape index (κ3) is 2.96. The van der Waals surface area contributed by atoms with E-state index in [0.717, 1.165) is 25.0 Å². The monoisotopic (exact) mass is 183 g/mol. The minimum Gasteiger partial charge on any atom is -0.377 e. The summed E-state index contributed by atoms with van der Waals surface area (Å²) in [6.07, 6.45) is 5.91. The van der Waals surface area contributed by atoms with Crippen LogP contribution in [0.4, 0.5) is 0 Å². The lowest BCUT2D eigenvalue weighted by Crippen LogP contribution is -2.36. The Bertz CT molecular complexity index is 150. The van der Waals surface area contributed by atoms with Crippen molar-refractivity contribution in [2.45, 2.75) is 38.7 Å². The molecule has 0 aromatic heterocycles. The molecular weight excluding hydrogens is 162 g/mol. The normalized spacial score (nSPS) is 31.6. The number of hydrogen-bond acceptors (Lipinski definition) is 2.